The summed E-state index contributed by atoms with van der Waals surface area (Å²) < 4.78 is 10.7. The molecule has 1 amide bonds. The standard InChI is InChI=1S/C14H19ClN2O3/c1-8(12-4-3-5-20-12)17-14(18)9-6-10(15)11(16)7-13(9)19-2/h6-8,12H,3-5,16H2,1-2H3,(H,17,18). The van der Waals surface area contributed by atoms with Gasteiger partial charge in [-0.1, -0.05) is 11.6 Å². The molecule has 0 saturated carbocycles. The largest absolute Gasteiger partial charge is 0.496 e. The van der Waals surface area contributed by atoms with Crippen molar-refractivity contribution in [3.8, 4) is 5.75 Å². The molecule has 1 aromatic rings. The fourth-order valence-electron chi connectivity index (χ4n) is 2.29. The van der Waals surface area contributed by atoms with E-state index in [1.807, 2.05) is 6.92 Å². The third-order valence-corrected chi connectivity index (χ3v) is 3.77. The molecule has 2 unspecified atom stereocenters. The van der Waals surface area contributed by atoms with Crippen LogP contribution in [-0.2, 0) is 4.74 Å². The van der Waals surface area contributed by atoms with Crippen LogP contribution in [0.4, 0.5) is 5.69 Å². The molecule has 20 heavy (non-hydrogen) atoms. The van der Waals surface area contributed by atoms with E-state index in [1.165, 1.54) is 13.2 Å². The molecule has 1 heterocycles. The van der Waals surface area contributed by atoms with Gasteiger partial charge in [0.2, 0.25) is 0 Å². The van der Waals surface area contributed by atoms with Crippen molar-refractivity contribution in [2.45, 2.75) is 31.9 Å². The number of methoxy groups -OCH3 is 1. The van der Waals surface area contributed by atoms with Crippen LogP contribution in [0.15, 0.2) is 12.1 Å². The lowest BCUT2D eigenvalue weighted by Gasteiger charge is -2.20. The van der Waals surface area contributed by atoms with E-state index in [-0.39, 0.29) is 18.1 Å². The van der Waals surface area contributed by atoms with E-state index in [9.17, 15) is 4.79 Å². The van der Waals surface area contributed by atoms with E-state index in [0.717, 1.165) is 19.4 Å². The fourth-order valence-corrected chi connectivity index (χ4v) is 2.45. The molecule has 1 saturated heterocycles. The summed E-state index contributed by atoms with van der Waals surface area (Å²) in [6, 6.07) is 3.01. The molecule has 2 atom stereocenters. The minimum absolute atomic E-state index is 0.0639. The van der Waals surface area contributed by atoms with Crippen molar-refractivity contribution in [2.24, 2.45) is 0 Å². The number of hydrogen-bond acceptors (Lipinski definition) is 4. The SMILES string of the molecule is COc1cc(N)c(Cl)cc1C(=O)NC(C)C1CCCO1. The second kappa shape index (κ2) is 6.33. The lowest BCUT2D eigenvalue weighted by molar-refractivity contribution is 0.0710. The van der Waals surface area contributed by atoms with Gasteiger partial charge in [0.15, 0.2) is 0 Å². The zero-order valence-electron chi connectivity index (χ0n) is 11.6. The zero-order chi connectivity index (χ0) is 14.7. The first-order valence-corrected chi connectivity index (χ1v) is 6.96. The van der Waals surface area contributed by atoms with Gasteiger partial charge in [-0.15, -0.1) is 0 Å². The number of nitrogens with one attached hydrogen (secondary N) is 1. The number of halogens is 1. The number of benzene rings is 1. The van der Waals surface area contributed by atoms with Gasteiger partial charge in [0, 0.05) is 12.7 Å². The highest BCUT2D eigenvalue weighted by atomic mass is 35.5. The zero-order valence-corrected chi connectivity index (χ0v) is 12.4. The summed E-state index contributed by atoms with van der Waals surface area (Å²) in [4.78, 5) is 12.3. The van der Waals surface area contributed by atoms with Gasteiger partial charge in [-0.25, -0.2) is 0 Å². The maximum absolute atomic E-state index is 12.3. The van der Waals surface area contributed by atoms with Crippen LogP contribution in [0, 0.1) is 0 Å². The smallest absolute Gasteiger partial charge is 0.255 e. The van der Waals surface area contributed by atoms with E-state index in [2.05, 4.69) is 5.32 Å². The van der Waals surface area contributed by atoms with Crippen LogP contribution >= 0.6 is 11.6 Å². The highest BCUT2D eigenvalue weighted by molar-refractivity contribution is 6.33. The van der Waals surface area contributed by atoms with E-state index >= 15 is 0 Å². The number of rotatable bonds is 4. The number of nitrogen functional groups attached to an aromatic ring is 1. The summed E-state index contributed by atoms with van der Waals surface area (Å²) in [5.74, 6) is 0.163. The highest BCUT2D eigenvalue weighted by Crippen LogP contribution is 2.29. The third kappa shape index (κ3) is 3.16. The van der Waals surface area contributed by atoms with Gasteiger partial charge in [-0.05, 0) is 25.8 Å². The Bertz CT molecular complexity index is 501. The van der Waals surface area contributed by atoms with Crippen LogP contribution < -0.4 is 15.8 Å². The quantitative estimate of drug-likeness (QED) is 0.836. The van der Waals surface area contributed by atoms with Crippen molar-refractivity contribution in [3.05, 3.63) is 22.7 Å². The summed E-state index contributed by atoms with van der Waals surface area (Å²) in [5.41, 5.74) is 6.46. The fraction of sp³-hybridized carbons (Fsp3) is 0.500. The highest BCUT2D eigenvalue weighted by Gasteiger charge is 2.25. The Morgan fingerprint density at radius 3 is 2.95 bits per heavy atom. The van der Waals surface area contributed by atoms with Gasteiger partial charge in [0.05, 0.1) is 35.5 Å². The number of amides is 1. The molecule has 0 aromatic heterocycles. The summed E-state index contributed by atoms with van der Waals surface area (Å²) in [7, 11) is 1.49. The second-order valence-electron chi connectivity index (χ2n) is 4.89. The maximum atomic E-state index is 12.3. The number of anilines is 1. The van der Waals surface area contributed by atoms with Crippen molar-refractivity contribution < 1.29 is 14.3 Å². The topological polar surface area (TPSA) is 73.6 Å². The predicted molar refractivity (Wildman–Crippen MR) is 78.3 cm³/mol. The Hall–Kier alpha value is -1.46. The molecule has 2 rings (SSSR count). The predicted octanol–water partition coefficient (Wildman–Crippen LogP) is 2.23. The summed E-state index contributed by atoms with van der Waals surface area (Å²) in [5, 5.41) is 3.25. The minimum Gasteiger partial charge on any atom is -0.496 e. The Labute approximate surface area is 123 Å². The van der Waals surface area contributed by atoms with Crippen LogP contribution in [0.1, 0.15) is 30.1 Å². The lowest BCUT2D eigenvalue weighted by Crippen LogP contribution is -2.40. The molecule has 1 aromatic carbocycles. The van der Waals surface area contributed by atoms with Crippen molar-refractivity contribution in [2.75, 3.05) is 19.5 Å². The first-order chi connectivity index (χ1) is 9.52. The first-order valence-electron chi connectivity index (χ1n) is 6.58. The van der Waals surface area contributed by atoms with Crippen LogP contribution in [0.2, 0.25) is 5.02 Å². The number of hydrogen-bond donors (Lipinski definition) is 2. The average Bonchev–Trinajstić information content (AvgIpc) is 2.95. The normalized spacial score (nSPS) is 19.6. The summed E-state index contributed by atoms with van der Waals surface area (Å²) in [6.07, 6.45) is 2.05. The summed E-state index contributed by atoms with van der Waals surface area (Å²) in [6.45, 7) is 2.68. The molecule has 5 nitrogen and oxygen atoms in total. The van der Waals surface area contributed by atoms with Crippen LogP contribution in [0.5, 0.6) is 5.75 Å². The number of carbonyl (C=O) groups excluding carboxylic acids is 1. The van der Waals surface area contributed by atoms with Crippen molar-refractivity contribution in [1.29, 1.82) is 0 Å². The average molecular weight is 299 g/mol. The van der Waals surface area contributed by atoms with Gasteiger partial charge < -0.3 is 20.5 Å². The van der Waals surface area contributed by atoms with E-state index < -0.39 is 0 Å². The van der Waals surface area contributed by atoms with Gasteiger partial charge in [0.1, 0.15) is 5.75 Å². The molecule has 0 spiro atoms. The number of nitrogens with two attached hydrogens (primary N) is 1. The molecule has 0 bridgehead atoms. The third-order valence-electron chi connectivity index (χ3n) is 3.44. The Balaban J connectivity index is 2.14. The van der Waals surface area contributed by atoms with Gasteiger partial charge in [0.25, 0.3) is 5.91 Å². The maximum Gasteiger partial charge on any atom is 0.255 e. The number of ether oxygens (including phenoxy) is 2. The molecule has 0 aliphatic carbocycles. The van der Waals surface area contributed by atoms with Gasteiger partial charge >= 0.3 is 0 Å². The monoisotopic (exact) mass is 298 g/mol. The van der Waals surface area contributed by atoms with Crippen molar-refractivity contribution in [1.82, 2.24) is 5.32 Å². The lowest BCUT2D eigenvalue weighted by atomic mass is 10.1. The van der Waals surface area contributed by atoms with Gasteiger partial charge in [-0.3, -0.25) is 4.79 Å². The van der Waals surface area contributed by atoms with E-state index in [4.69, 9.17) is 26.8 Å². The van der Waals surface area contributed by atoms with E-state index in [1.54, 1.807) is 6.07 Å². The van der Waals surface area contributed by atoms with Gasteiger partial charge in [-0.2, -0.15) is 0 Å². The van der Waals surface area contributed by atoms with Crippen molar-refractivity contribution in [3.63, 3.8) is 0 Å². The van der Waals surface area contributed by atoms with Crippen LogP contribution in [0.25, 0.3) is 0 Å². The first kappa shape index (κ1) is 14.9. The molecule has 6 heteroatoms. The second-order valence-corrected chi connectivity index (χ2v) is 5.29. The molecule has 110 valence electrons. The van der Waals surface area contributed by atoms with Crippen molar-refractivity contribution >= 4 is 23.2 Å². The molecular formula is C14H19ClN2O3. The molecule has 1 fully saturated rings. The molecule has 1 aliphatic rings. The number of carbonyl (C=O) groups is 1. The van der Waals surface area contributed by atoms with E-state index in [0.29, 0.717) is 22.0 Å². The molecule has 3 N–H and O–H groups in total. The van der Waals surface area contributed by atoms with Crippen LogP contribution in [0.3, 0.4) is 0 Å². The Morgan fingerprint density at radius 1 is 1.60 bits per heavy atom. The molecular weight excluding hydrogens is 280 g/mol. The minimum atomic E-state index is -0.244. The van der Waals surface area contributed by atoms with Crippen LogP contribution in [-0.4, -0.2) is 31.8 Å². The Kier molecular flexibility index (Phi) is 4.73. The summed E-state index contributed by atoms with van der Waals surface area (Å²) >= 11 is 5.97. The molecule has 0 radical (unpaired) electrons. The molecule has 1 aliphatic heterocycles. The Morgan fingerprint density at radius 2 is 2.35 bits per heavy atom.